The number of aryl methyl sites for hydroxylation is 1. The Morgan fingerprint density at radius 3 is 2.00 bits per heavy atom. The predicted octanol–water partition coefficient (Wildman–Crippen LogP) is 1.05. The lowest BCUT2D eigenvalue weighted by atomic mass is 10.1. The van der Waals surface area contributed by atoms with Gasteiger partial charge in [0.2, 0.25) is 5.82 Å². The Balaban J connectivity index is 1.84. The van der Waals surface area contributed by atoms with Crippen LogP contribution in [0.25, 0.3) is 11.4 Å². The monoisotopic (exact) mass is 430 g/mol. The Kier molecular flexibility index (Phi) is 8.43. The van der Waals surface area contributed by atoms with E-state index in [9.17, 15) is 0 Å². The summed E-state index contributed by atoms with van der Waals surface area (Å²) in [5.74, 6) is 1.02. The number of nitrogens with zero attached hydrogens (tertiary/aromatic N) is 6. The van der Waals surface area contributed by atoms with Crippen molar-refractivity contribution in [3.05, 3.63) is 35.7 Å². The van der Waals surface area contributed by atoms with Crippen molar-refractivity contribution in [1.29, 1.82) is 0 Å². The summed E-state index contributed by atoms with van der Waals surface area (Å²) in [5.41, 5.74) is 8.72. The van der Waals surface area contributed by atoms with Gasteiger partial charge < -0.3 is 10.6 Å². The van der Waals surface area contributed by atoms with E-state index in [1.54, 1.807) is 14.0 Å². The minimum atomic E-state index is 0.398. The van der Waals surface area contributed by atoms with E-state index in [0.717, 1.165) is 11.1 Å². The van der Waals surface area contributed by atoms with Crippen molar-refractivity contribution in [2.75, 3.05) is 7.05 Å². The molecule has 1 aromatic carbocycles. The molecule has 10 nitrogen and oxygen atoms in total. The highest BCUT2D eigenvalue weighted by molar-refractivity contribution is 7.80. The van der Waals surface area contributed by atoms with E-state index < -0.39 is 0 Å². The maximum Gasteiger partial charge on any atom is 0.203 e. The zero-order chi connectivity index (χ0) is 21.2. The average Bonchev–Trinajstić information content (AvgIpc) is 2.74. The fourth-order valence-electron chi connectivity index (χ4n) is 1.88. The summed E-state index contributed by atoms with van der Waals surface area (Å²) in [7, 11) is 1.71. The van der Waals surface area contributed by atoms with Crippen LogP contribution in [0.15, 0.2) is 34.5 Å². The highest BCUT2D eigenvalue weighted by Gasteiger charge is 2.04. The number of thiocarbonyl (C=S) groups is 2. The van der Waals surface area contributed by atoms with Crippen LogP contribution in [-0.2, 0) is 6.54 Å². The largest absolute Gasteiger partial charge is 0.364 e. The van der Waals surface area contributed by atoms with E-state index in [4.69, 9.17) is 24.4 Å². The van der Waals surface area contributed by atoms with Gasteiger partial charge in [-0.2, -0.15) is 10.2 Å². The Morgan fingerprint density at radius 2 is 1.45 bits per heavy atom. The molecule has 0 aliphatic carbocycles. The van der Waals surface area contributed by atoms with Crippen molar-refractivity contribution in [3.63, 3.8) is 0 Å². The van der Waals surface area contributed by atoms with Gasteiger partial charge in [-0.05, 0) is 50.8 Å². The van der Waals surface area contributed by atoms with Crippen LogP contribution < -0.4 is 21.5 Å². The lowest BCUT2D eigenvalue weighted by molar-refractivity contribution is 0.816. The summed E-state index contributed by atoms with van der Waals surface area (Å²) in [6, 6.07) is 7.73. The van der Waals surface area contributed by atoms with Crippen LogP contribution in [0.4, 0.5) is 0 Å². The maximum atomic E-state index is 5.25. The molecular formula is C17H22N10S2. The number of hydrogen-bond donors (Lipinski definition) is 4. The molecule has 0 aliphatic rings. The van der Waals surface area contributed by atoms with Crippen molar-refractivity contribution in [3.8, 4) is 11.4 Å². The van der Waals surface area contributed by atoms with Crippen LogP contribution in [0.3, 0.4) is 0 Å². The molecule has 0 aliphatic heterocycles. The highest BCUT2D eigenvalue weighted by atomic mass is 32.1. The number of hydrogen-bond acceptors (Lipinski definition) is 8. The zero-order valence-electron chi connectivity index (χ0n) is 16.5. The molecule has 0 amide bonds. The number of benzene rings is 1. The minimum absolute atomic E-state index is 0.398. The lowest BCUT2D eigenvalue weighted by Crippen LogP contribution is -2.33. The fourth-order valence-corrected chi connectivity index (χ4v) is 2.04. The Labute approximate surface area is 179 Å². The number of hydrazone groups is 2. The quantitative estimate of drug-likeness (QED) is 0.300. The molecular weight excluding hydrogens is 408 g/mol. The first kappa shape index (κ1) is 22.2. The first-order valence-electron chi connectivity index (χ1n) is 8.63. The van der Waals surface area contributed by atoms with Crippen LogP contribution in [0.2, 0.25) is 0 Å². The van der Waals surface area contributed by atoms with Gasteiger partial charge in [0, 0.05) is 19.2 Å². The van der Waals surface area contributed by atoms with Gasteiger partial charge in [-0.25, -0.2) is 0 Å². The molecule has 0 saturated carbocycles. The van der Waals surface area contributed by atoms with Crippen molar-refractivity contribution in [1.82, 2.24) is 41.9 Å². The molecule has 1 heterocycles. The summed E-state index contributed by atoms with van der Waals surface area (Å²) >= 11 is 10.2. The molecule has 0 radical (unpaired) electrons. The smallest absolute Gasteiger partial charge is 0.203 e. The number of aromatic nitrogens is 4. The number of rotatable bonds is 6. The van der Waals surface area contributed by atoms with Gasteiger partial charge in [0.25, 0.3) is 0 Å². The molecule has 12 heteroatoms. The molecule has 0 bridgehead atoms. The molecule has 0 atom stereocenters. The summed E-state index contributed by atoms with van der Waals surface area (Å²) in [5, 5.41) is 30.9. The van der Waals surface area contributed by atoms with E-state index in [2.05, 4.69) is 52.1 Å². The molecule has 152 valence electrons. The van der Waals surface area contributed by atoms with Gasteiger partial charge in [-0.3, -0.25) is 10.9 Å². The van der Waals surface area contributed by atoms with Gasteiger partial charge in [0.05, 0.1) is 11.4 Å². The van der Waals surface area contributed by atoms with E-state index in [1.807, 2.05) is 38.1 Å². The first-order chi connectivity index (χ1) is 13.9. The Morgan fingerprint density at radius 1 is 0.897 bits per heavy atom. The van der Waals surface area contributed by atoms with E-state index >= 15 is 0 Å². The van der Waals surface area contributed by atoms with Gasteiger partial charge in [0.15, 0.2) is 16.0 Å². The van der Waals surface area contributed by atoms with Gasteiger partial charge in [-0.1, -0.05) is 24.3 Å². The molecule has 0 unspecified atom stereocenters. The van der Waals surface area contributed by atoms with Crippen LogP contribution in [0, 0.1) is 6.92 Å². The third-order valence-electron chi connectivity index (χ3n) is 3.65. The SMILES string of the molecule is CNC(=S)N/N=C(C)/C(C)=N/NC(=S)NCc1ccc(-c2nnc(C)nn2)cc1. The second kappa shape index (κ2) is 11.0. The Bertz CT molecular complexity index is 907. The highest BCUT2D eigenvalue weighted by Crippen LogP contribution is 2.13. The van der Waals surface area contributed by atoms with Crippen molar-refractivity contribution < 1.29 is 0 Å². The van der Waals surface area contributed by atoms with Gasteiger partial charge >= 0.3 is 0 Å². The average molecular weight is 431 g/mol. The van der Waals surface area contributed by atoms with Crippen LogP contribution in [0.1, 0.15) is 25.2 Å². The van der Waals surface area contributed by atoms with Crippen LogP contribution in [0.5, 0.6) is 0 Å². The molecule has 0 fully saturated rings. The van der Waals surface area contributed by atoms with Crippen molar-refractivity contribution >= 4 is 46.1 Å². The molecule has 4 N–H and O–H groups in total. The lowest BCUT2D eigenvalue weighted by Gasteiger charge is -2.09. The zero-order valence-corrected chi connectivity index (χ0v) is 18.1. The number of nitrogens with one attached hydrogen (secondary N) is 4. The summed E-state index contributed by atoms with van der Waals surface area (Å²) in [6.45, 7) is 5.91. The van der Waals surface area contributed by atoms with Crippen molar-refractivity contribution in [2.24, 2.45) is 10.2 Å². The van der Waals surface area contributed by atoms with E-state index in [0.29, 0.717) is 39.8 Å². The molecule has 29 heavy (non-hydrogen) atoms. The molecule has 2 aromatic rings. The maximum absolute atomic E-state index is 5.25. The van der Waals surface area contributed by atoms with Crippen LogP contribution >= 0.6 is 24.4 Å². The molecule has 0 saturated heterocycles. The normalized spacial score (nSPS) is 11.6. The summed E-state index contributed by atoms with van der Waals surface area (Å²) in [6.07, 6.45) is 0. The molecule has 1 aromatic heterocycles. The Hall–Kier alpha value is -3.12. The van der Waals surface area contributed by atoms with Crippen molar-refractivity contribution in [2.45, 2.75) is 27.3 Å². The second-order valence-corrected chi connectivity index (χ2v) is 6.66. The summed E-state index contributed by atoms with van der Waals surface area (Å²) in [4.78, 5) is 0. The van der Waals surface area contributed by atoms with Gasteiger partial charge in [-0.15, -0.1) is 20.4 Å². The topological polar surface area (TPSA) is 124 Å². The van der Waals surface area contributed by atoms with Gasteiger partial charge in [0.1, 0.15) is 0 Å². The minimum Gasteiger partial charge on any atom is -0.364 e. The molecule has 0 spiro atoms. The third kappa shape index (κ3) is 7.43. The predicted molar refractivity (Wildman–Crippen MR) is 121 cm³/mol. The van der Waals surface area contributed by atoms with E-state index in [-0.39, 0.29) is 0 Å². The third-order valence-corrected chi connectivity index (χ3v) is 4.18. The fraction of sp³-hybridized carbons (Fsp3) is 0.294. The van der Waals surface area contributed by atoms with Crippen LogP contribution in [-0.4, -0.2) is 49.1 Å². The standard InChI is InChI=1S/C17H22N10S2/c1-10(20-26-16(28)18-4)11(2)21-27-17(29)19-9-13-5-7-14(8-6-13)15-24-22-12(3)23-25-15/h5-8H,9H2,1-4H3,(H2,18,26,28)(H2,19,27,29)/b20-10+,21-11+. The molecule has 2 rings (SSSR count). The van der Waals surface area contributed by atoms with E-state index in [1.165, 1.54) is 0 Å². The second-order valence-electron chi connectivity index (χ2n) is 5.85. The summed E-state index contributed by atoms with van der Waals surface area (Å²) < 4.78 is 0. The first-order valence-corrected chi connectivity index (χ1v) is 9.44.